The van der Waals surface area contributed by atoms with Crippen LogP contribution in [0.2, 0.25) is 0 Å². The molecule has 1 aliphatic rings. The standard InChI is InChI=1S/C13H26N2OS/c1-4-16-9-5-8-14-13(17)15-10-11(2)6-7-12(15)3/h11-12H,4-10H2,1-3H3,(H,14,17). The molecule has 2 atom stereocenters. The first-order valence-electron chi connectivity index (χ1n) is 6.77. The van der Waals surface area contributed by atoms with Crippen LogP contribution < -0.4 is 5.32 Å². The summed E-state index contributed by atoms with van der Waals surface area (Å²) in [7, 11) is 0. The fraction of sp³-hybridized carbons (Fsp3) is 0.923. The molecule has 1 fully saturated rings. The van der Waals surface area contributed by atoms with Crippen LogP contribution in [-0.4, -0.2) is 42.4 Å². The second-order valence-electron chi connectivity index (χ2n) is 4.97. The van der Waals surface area contributed by atoms with Crippen molar-refractivity contribution in [3.05, 3.63) is 0 Å². The Labute approximate surface area is 111 Å². The van der Waals surface area contributed by atoms with Crippen molar-refractivity contribution < 1.29 is 4.74 Å². The number of rotatable bonds is 5. The lowest BCUT2D eigenvalue weighted by atomic mass is 9.95. The molecule has 0 aromatic carbocycles. The lowest BCUT2D eigenvalue weighted by molar-refractivity contribution is 0.145. The van der Waals surface area contributed by atoms with Crippen molar-refractivity contribution in [2.45, 2.75) is 46.1 Å². The Balaban J connectivity index is 2.21. The van der Waals surface area contributed by atoms with Gasteiger partial charge in [-0.25, -0.2) is 0 Å². The third-order valence-corrected chi connectivity index (χ3v) is 3.70. The van der Waals surface area contributed by atoms with E-state index < -0.39 is 0 Å². The van der Waals surface area contributed by atoms with E-state index in [2.05, 4.69) is 24.1 Å². The summed E-state index contributed by atoms with van der Waals surface area (Å²) >= 11 is 5.46. The predicted octanol–water partition coefficient (Wildman–Crippen LogP) is 2.41. The number of likely N-dealkylation sites (tertiary alicyclic amines) is 1. The van der Waals surface area contributed by atoms with Gasteiger partial charge in [-0.05, 0) is 51.2 Å². The minimum Gasteiger partial charge on any atom is -0.382 e. The molecule has 0 amide bonds. The molecule has 1 aliphatic heterocycles. The van der Waals surface area contributed by atoms with Gasteiger partial charge in [-0.1, -0.05) is 6.92 Å². The molecule has 17 heavy (non-hydrogen) atoms. The molecule has 0 aromatic rings. The molecular weight excluding hydrogens is 232 g/mol. The zero-order valence-electron chi connectivity index (χ0n) is 11.4. The second kappa shape index (κ2) is 7.88. The Morgan fingerprint density at radius 3 is 2.88 bits per heavy atom. The van der Waals surface area contributed by atoms with Crippen LogP contribution in [0.5, 0.6) is 0 Å². The Hall–Kier alpha value is -0.350. The van der Waals surface area contributed by atoms with Crippen molar-refractivity contribution in [2.24, 2.45) is 5.92 Å². The van der Waals surface area contributed by atoms with Gasteiger partial charge in [0.15, 0.2) is 5.11 Å². The monoisotopic (exact) mass is 258 g/mol. The molecule has 100 valence electrons. The highest BCUT2D eigenvalue weighted by Gasteiger charge is 2.24. The van der Waals surface area contributed by atoms with E-state index in [1.54, 1.807) is 0 Å². The quantitative estimate of drug-likeness (QED) is 0.604. The van der Waals surface area contributed by atoms with Crippen LogP contribution in [0.25, 0.3) is 0 Å². The maximum Gasteiger partial charge on any atom is 0.169 e. The Kier molecular flexibility index (Phi) is 6.82. The molecular formula is C13H26N2OS. The summed E-state index contributed by atoms with van der Waals surface area (Å²) in [5.41, 5.74) is 0. The first kappa shape index (κ1) is 14.7. The van der Waals surface area contributed by atoms with Gasteiger partial charge in [0.05, 0.1) is 0 Å². The number of piperidine rings is 1. The average Bonchev–Trinajstić information content (AvgIpc) is 2.32. The van der Waals surface area contributed by atoms with Crippen molar-refractivity contribution in [3.8, 4) is 0 Å². The highest BCUT2D eigenvalue weighted by atomic mass is 32.1. The van der Waals surface area contributed by atoms with E-state index in [1.807, 2.05) is 6.92 Å². The molecule has 0 bridgehead atoms. The lowest BCUT2D eigenvalue weighted by Crippen LogP contribution is -2.49. The van der Waals surface area contributed by atoms with Crippen LogP contribution in [0.15, 0.2) is 0 Å². The van der Waals surface area contributed by atoms with Crippen molar-refractivity contribution in [3.63, 3.8) is 0 Å². The van der Waals surface area contributed by atoms with E-state index in [-0.39, 0.29) is 0 Å². The van der Waals surface area contributed by atoms with E-state index in [1.165, 1.54) is 12.8 Å². The van der Waals surface area contributed by atoms with Gasteiger partial charge in [0, 0.05) is 32.3 Å². The van der Waals surface area contributed by atoms with Gasteiger partial charge in [0.25, 0.3) is 0 Å². The normalized spacial score (nSPS) is 24.8. The molecule has 1 heterocycles. The summed E-state index contributed by atoms with van der Waals surface area (Å²) in [6.45, 7) is 10.2. The first-order chi connectivity index (χ1) is 8.15. The molecule has 1 rings (SSSR count). The molecule has 0 aromatic heterocycles. The third kappa shape index (κ3) is 5.21. The average molecular weight is 258 g/mol. The summed E-state index contributed by atoms with van der Waals surface area (Å²) in [5.74, 6) is 0.759. The highest BCUT2D eigenvalue weighted by molar-refractivity contribution is 7.80. The molecule has 0 aliphatic carbocycles. The fourth-order valence-electron chi connectivity index (χ4n) is 2.19. The smallest absolute Gasteiger partial charge is 0.169 e. The molecule has 3 nitrogen and oxygen atoms in total. The minimum absolute atomic E-state index is 0.582. The van der Waals surface area contributed by atoms with E-state index in [9.17, 15) is 0 Å². The molecule has 1 saturated heterocycles. The van der Waals surface area contributed by atoms with Gasteiger partial charge in [-0.3, -0.25) is 0 Å². The van der Waals surface area contributed by atoms with Crippen molar-refractivity contribution in [1.29, 1.82) is 0 Å². The third-order valence-electron chi connectivity index (χ3n) is 3.32. The Morgan fingerprint density at radius 1 is 1.41 bits per heavy atom. The minimum atomic E-state index is 0.582. The number of nitrogens with one attached hydrogen (secondary N) is 1. The molecule has 0 saturated carbocycles. The SMILES string of the molecule is CCOCCCNC(=S)N1CC(C)CCC1C. The molecule has 2 unspecified atom stereocenters. The summed E-state index contributed by atoms with van der Waals surface area (Å²) < 4.78 is 5.30. The Bertz CT molecular complexity index is 235. The predicted molar refractivity (Wildman–Crippen MR) is 76.3 cm³/mol. The van der Waals surface area contributed by atoms with E-state index >= 15 is 0 Å². The van der Waals surface area contributed by atoms with Gasteiger partial charge in [0.2, 0.25) is 0 Å². The van der Waals surface area contributed by atoms with Crippen LogP contribution >= 0.6 is 12.2 Å². The van der Waals surface area contributed by atoms with Crippen molar-refractivity contribution >= 4 is 17.3 Å². The summed E-state index contributed by atoms with van der Waals surface area (Å²) in [6, 6.07) is 0.582. The van der Waals surface area contributed by atoms with Crippen LogP contribution in [-0.2, 0) is 4.74 Å². The van der Waals surface area contributed by atoms with Gasteiger partial charge in [-0.2, -0.15) is 0 Å². The summed E-state index contributed by atoms with van der Waals surface area (Å²) in [4.78, 5) is 2.34. The molecule has 0 spiro atoms. The molecule has 1 N–H and O–H groups in total. The molecule has 0 radical (unpaired) electrons. The number of ether oxygens (including phenoxy) is 1. The Morgan fingerprint density at radius 2 is 2.18 bits per heavy atom. The zero-order chi connectivity index (χ0) is 12.7. The maximum atomic E-state index is 5.46. The number of nitrogens with zero attached hydrogens (tertiary/aromatic N) is 1. The van der Waals surface area contributed by atoms with E-state index in [0.717, 1.165) is 43.8 Å². The van der Waals surface area contributed by atoms with E-state index in [0.29, 0.717) is 6.04 Å². The highest BCUT2D eigenvalue weighted by Crippen LogP contribution is 2.21. The fourth-order valence-corrected chi connectivity index (χ4v) is 2.54. The first-order valence-corrected chi connectivity index (χ1v) is 7.18. The largest absolute Gasteiger partial charge is 0.382 e. The van der Waals surface area contributed by atoms with Gasteiger partial charge >= 0.3 is 0 Å². The number of hydrogen-bond donors (Lipinski definition) is 1. The van der Waals surface area contributed by atoms with Crippen LogP contribution in [0, 0.1) is 5.92 Å². The van der Waals surface area contributed by atoms with E-state index in [4.69, 9.17) is 17.0 Å². The molecule has 4 heteroatoms. The second-order valence-corrected chi connectivity index (χ2v) is 5.35. The van der Waals surface area contributed by atoms with Crippen LogP contribution in [0.3, 0.4) is 0 Å². The number of hydrogen-bond acceptors (Lipinski definition) is 2. The summed E-state index contributed by atoms with van der Waals surface area (Å²) in [6.07, 6.45) is 3.60. The topological polar surface area (TPSA) is 24.5 Å². The van der Waals surface area contributed by atoms with Gasteiger partial charge in [-0.15, -0.1) is 0 Å². The zero-order valence-corrected chi connectivity index (χ0v) is 12.2. The number of thiocarbonyl (C=S) groups is 1. The van der Waals surface area contributed by atoms with Gasteiger partial charge in [0.1, 0.15) is 0 Å². The van der Waals surface area contributed by atoms with Crippen molar-refractivity contribution in [2.75, 3.05) is 26.3 Å². The van der Waals surface area contributed by atoms with Crippen LogP contribution in [0.4, 0.5) is 0 Å². The summed E-state index contributed by atoms with van der Waals surface area (Å²) in [5, 5.41) is 4.26. The lowest BCUT2D eigenvalue weighted by Gasteiger charge is -2.38. The maximum absolute atomic E-state index is 5.46. The van der Waals surface area contributed by atoms with Crippen LogP contribution in [0.1, 0.15) is 40.0 Å². The van der Waals surface area contributed by atoms with Crippen molar-refractivity contribution in [1.82, 2.24) is 10.2 Å². The van der Waals surface area contributed by atoms with Gasteiger partial charge < -0.3 is 15.0 Å².